The van der Waals surface area contributed by atoms with Gasteiger partial charge in [0.2, 0.25) is 5.75 Å². The van der Waals surface area contributed by atoms with E-state index in [1.807, 2.05) is 0 Å². The number of benzene rings is 2. The zero-order valence-corrected chi connectivity index (χ0v) is 13.8. The maximum absolute atomic E-state index is 14.2. The average molecular weight is 354 g/mol. The summed E-state index contributed by atoms with van der Waals surface area (Å²) in [7, 11) is 0. The molecule has 1 saturated heterocycles. The zero-order valence-electron chi connectivity index (χ0n) is 13.0. The molecule has 0 spiro atoms. The summed E-state index contributed by atoms with van der Waals surface area (Å²) in [4.78, 5) is 0. The van der Waals surface area contributed by atoms with E-state index in [-0.39, 0.29) is 16.5 Å². The van der Waals surface area contributed by atoms with Gasteiger partial charge in [-0.3, -0.25) is 0 Å². The lowest BCUT2D eigenvalue weighted by atomic mass is 10.0. The molecular weight excluding hydrogens is 336 g/mol. The number of nitrogens with one attached hydrogen (secondary N) is 1. The summed E-state index contributed by atoms with van der Waals surface area (Å²) in [5.41, 5.74) is 0. The molecule has 1 heterocycles. The number of rotatable bonds is 5. The summed E-state index contributed by atoms with van der Waals surface area (Å²) in [5, 5.41) is 3.38. The highest BCUT2D eigenvalue weighted by molar-refractivity contribution is 6.32. The summed E-state index contributed by atoms with van der Waals surface area (Å²) in [6, 6.07) is 8.16. The van der Waals surface area contributed by atoms with Crippen LogP contribution in [-0.2, 0) is 0 Å². The van der Waals surface area contributed by atoms with Crippen molar-refractivity contribution >= 4 is 11.6 Å². The molecule has 0 aliphatic carbocycles. The molecular formula is C18H18ClF2NO2. The third-order valence-corrected chi connectivity index (χ3v) is 4.21. The fourth-order valence-corrected chi connectivity index (χ4v) is 2.85. The molecule has 0 aromatic heterocycles. The van der Waals surface area contributed by atoms with Gasteiger partial charge in [0.05, 0.1) is 11.6 Å². The van der Waals surface area contributed by atoms with Crippen LogP contribution in [0, 0.1) is 17.6 Å². The van der Waals surface area contributed by atoms with E-state index in [0.29, 0.717) is 18.3 Å². The van der Waals surface area contributed by atoms with Gasteiger partial charge in [-0.25, -0.2) is 8.78 Å². The van der Waals surface area contributed by atoms with Gasteiger partial charge in [-0.1, -0.05) is 17.7 Å². The Bertz CT molecular complexity index is 705. The molecule has 1 aliphatic heterocycles. The number of para-hydroxylation sites is 1. The number of hydrogen-bond donors (Lipinski definition) is 1. The van der Waals surface area contributed by atoms with Gasteiger partial charge in [-0.2, -0.15) is 0 Å². The Morgan fingerprint density at radius 3 is 2.79 bits per heavy atom. The van der Waals surface area contributed by atoms with Crippen LogP contribution >= 0.6 is 11.6 Å². The fourth-order valence-electron chi connectivity index (χ4n) is 2.64. The van der Waals surface area contributed by atoms with E-state index < -0.39 is 11.6 Å². The molecule has 1 atom stereocenters. The first-order valence-corrected chi connectivity index (χ1v) is 8.26. The van der Waals surface area contributed by atoms with E-state index in [2.05, 4.69) is 5.32 Å². The van der Waals surface area contributed by atoms with E-state index in [1.54, 1.807) is 12.1 Å². The van der Waals surface area contributed by atoms with Gasteiger partial charge in [0.15, 0.2) is 11.6 Å². The van der Waals surface area contributed by atoms with Gasteiger partial charge in [0.1, 0.15) is 11.6 Å². The van der Waals surface area contributed by atoms with Crippen LogP contribution < -0.4 is 14.8 Å². The molecule has 1 fully saturated rings. The largest absolute Gasteiger partial charge is 0.489 e. The van der Waals surface area contributed by atoms with E-state index >= 15 is 0 Å². The fraction of sp³-hybridized carbons (Fsp3) is 0.333. The van der Waals surface area contributed by atoms with Crippen LogP contribution in [0.3, 0.4) is 0 Å². The smallest absolute Gasteiger partial charge is 0.204 e. The Hall–Kier alpha value is -1.85. The van der Waals surface area contributed by atoms with Crippen molar-refractivity contribution in [2.45, 2.75) is 12.8 Å². The minimum Gasteiger partial charge on any atom is -0.489 e. The number of piperidine rings is 1. The number of halogens is 3. The molecule has 0 unspecified atom stereocenters. The highest BCUT2D eigenvalue weighted by Crippen LogP contribution is 2.37. The molecule has 6 heteroatoms. The monoisotopic (exact) mass is 353 g/mol. The molecule has 0 radical (unpaired) electrons. The summed E-state index contributed by atoms with van der Waals surface area (Å²) < 4.78 is 38.6. The van der Waals surface area contributed by atoms with Gasteiger partial charge in [0.25, 0.3) is 0 Å². The van der Waals surface area contributed by atoms with Crippen molar-refractivity contribution in [3.05, 3.63) is 53.1 Å². The molecule has 0 amide bonds. The first kappa shape index (κ1) is 17.0. The molecule has 0 saturated carbocycles. The van der Waals surface area contributed by atoms with Gasteiger partial charge >= 0.3 is 0 Å². The van der Waals surface area contributed by atoms with Crippen molar-refractivity contribution in [3.8, 4) is 17.2 Å². The van der Waals surface area contributed by atoms with Crippen molar-refractivity contribution in [3.63, 3.8) is 0 Å². The topological polar surface area (TPSA) is 30.5 Å². The second-order valence-corrected chi connectivity index (χ2v) is 6.17. The minimum absolute atomic E-state index is 0.0465. The van der Waals surface area contributed by atoms with Gasteiger partial charge < -0.3 is 14.8 Å². The van der Waals surface area contributed by atoms with Crippen LogP contribution in [0.1, 0.15) is 12.8 Å². The molecule has 128 valence electrons. The number of ether oxygens (including phenoxy) is 2. The van der Waals surface area contributed by atoms with Crippen molar-refractivity contribution in [2.24, 2.45) is 5.92 Å². The molecule has 24 heavy (non-hydrogen) atoms. The average Bonchev–Trinajstić information content (AvgIpc) is 2.58. The Morgan fingerprint density at radius 2 is 2.04 bits per heavy atom. The Balaban J connectivity index is 1.76. The van der Waals surface area contributed by atoms with Crippen LogP contribution in [-0.4, -0.2) is 19.7 Å². The summed E-state index contributed by atoms with van der Waals surface area (Å²) >= 11 is 5.95. The van der Waals surface area contributed by atoms with Crippen LogP contribution in [0.4, 0.5) is 8.78 Å². The first-order chi connectivity index (χ1) is 11.6. The third-order valence-electron chi connectivity index (χ3n) is 3.91. The lowest BCUT2D eigenvalue weighted by Crippen LogP contribution is -2.33. The van der Waals surface area contributed by atoms with Crippen LogP contribution in [0.25, 0.3) is 0 Å². The van der Waals surface area contributed by atoms with Gasteiger partial charge in [-0.15, -0.1) is 0 Å². The second kappa shape index (κ2) is 7.81. The summed E-state index contributed by atoms with van der Waals surface area (Å²) in [6.07, 6.45) is 2.17. The van der Waals surface area contributed by atoms with Crippen LogP contribution in [0.5, 0.6) is 17.2 Å². The van der Waals surface area contributed by atoms with Crippen LogP contribution in [0.2, 0.25) is 5.02 Å². The maximum atomic E-state index is 14.2. The van der Waals surface area contributed by atoms with Crippen molar-refractivity contribution < 1.29 is 18.3 Å². The predicted octanol–water partition coefficient (Wildman–Crippen LogP) is 4.79. The third kappa shape index (κ3) is 4.16. The quantitative estimate of drug-likeness (QED) is 0.838. The first-order valence-electron chi connectivity index (χ1n) is 7.88. The molecule has 3 rings (SSSR count). The molecule has 2 aromatic carbocycles. The minimum atomic E-state index is -0.560. The molecule has 0 bridgehead atoms. The summed E-state index contributed by atoms with van der Waals surface area (Å²) in [6.45, 7) is 2.38. The van der Waals surface area contributed by atoms with Gasteiger partial charge in [-0.05, 0) is 49.7 Å². The lowest BCUT2D eigenvalue weighted by Gasteiger charge is -2.23. The van der Waals surface area contributed by atoms with Crippen molar-refractivity contribution in [1.82, 2.24) is 5.32 Å². The standard InChI is InChI=1S/C18H18ClF2NO2/c19-14-9-13(20)6-7-16(14)24-18-15(21)4-1-5-17(18)23-11-12-3-2-8-22-10-12/h1,4-7,9,12,22H,2-3,8,10-11H2/t12-/m0/s1. The molecule has 1 N–H and O–H groups in total. The van der Waals surface area contributed by atoms with Crippen LogP contribution in [0.15, 0.2) is 36.4 Å². The Morgan fingerprint density at radius 1 is 1.17 bits per heavy atom. The van der Waals surface area contributed by atoms with Crippen molar-refractivity contribution in [2.75, 3.05) is 19.7 Å². The Labute approximate surface area is 144 Å². The molecule has 3 nitrogen and oxygen atoms in total. The second-order valence-electron chi connectivity index (χ2n) is 5.77. The Kier molecular flexibility index (Phi) is 5.53. The van der Waals surface area contributed by atoms with Crippen molar-refractivity contribution in [1.29, 1.82) is 0 Å². The van der Waals surface area contributed by atoms with E-state index in [1.165, 1.54) is 18.2 Å². The highest BCUT2D eigenvalue weighted by atomic mass is 35.5. The lowest BCUT2D eigenvalue weighted by molar-refractivity contribution is 0.211. The highest BCUT2D eigenvalue weighted by Gasteiger charge is 2.18. The maximum Gasteiger partial charge on any atom is 0.204 e. The van der Waals surface area contributed by atoms with E-state index in [4.69, 9.17) is 21.1 Å². The normalized spacial score (nSPS) is 17.5. The molecule has 2 aromatic rings. The van der Waals surface area contributed by atoms with E-state index in [0.717, 1.165) is 32.0 Å². The molecule has 1 aliphatic rings. The SMILES string of the molecule is Fc1ccc(Oc2c(F)cccc2OC[C@H]2CCCNC2)c(Cl)c1. The predicted molar refractivity (Wildman–Crippen MR) is 89.0 cm³/mol. The summed E-state index contributed by atoms with van der Waals surface area (Å²) in [5.74, 6) is -0.232. The van der Waals surface area contributed by atoms with E-state index in [9.17, 15) is 8.78 Å². The number of hydrogen-bond acceptors (Lipinski definition) is 3. The van der Waals surface area contributed by atoms with Gasteiger partial charge in [0, 0.05) is 12.5 Å². The zero-order chi connectivity index (χ0) is 16.9.